The maximum Gasteiger partial charge on any atom is 0.355 e. The highest BCUT2D eigenvalue weighted by Gasteiger charge is 2.50. The van der Waals surface area contributed by atoms with Crippen LogP contribution in [0.5, 0.6) is 0 Å². The molecule has 0 spiro atoms. The maximum atomic E-state index is 12.2. The second kappa shape index (κ2) is 4.17. The fraction of sp³-hybridized carbons (Fsp3) is 0.667. The van der Waals surface area contributed by atoms with Crippen LogP contribution in [0.4, 0.5) is 0 Å². The molecule has 0 radical (unpaired) electrons. The largest absolute Gasteiger partial charge is 0.476 e. The minimum Gasteiger partial charge on any atom is -0.476 e. The van der Waals surface area contributed by atoms with Crippen LogP contribution in [0.1, 0.15) is 54.1 Å². The molecule has 0 saturated heterocycles. The zero-order chi connectivity index (χ0) is 13.9. The van der Waals surface area contributed by atoms with Crippen LogP contribution in [0, 0.1) is 23.7 Å². The first kappa shape index (κ1) is 12.1. The molecular formula is C15H18N2O3. The first-order valence-electron chi connectivity index (χ1n) is 7.44. The van der Waals surface area contributed by atoms with Crippen LogP contribution in [0.15, 0.2) is 11.1 Å². The molecule has 1 aromatic heterocycles. The van der Waals surface area contributed by atoms with Crippen molar-refractivity contribution in [3.63, 3.8) is 0 Å². The van der Waals surface area contributed by atoms with Crippen LogP contribution in [0.3, 0.4) is 0 Å². The van der Waals surface area contributed by atoms with Crippen molar-refractivity contribution in [1.29, 1.82) is 0 Å². The first-order valence-corrected chi connectivity index (χ1v) is 7.44. The summed E-state index contributed by atoms with van der Waals surface area (Å²) in [6.07, 6.45) is 7.17. The Hall–Kier alpha value is -1.65. The van der Waals surface area contributed by atoms with Gasteiger partial charge >= 0.3 is 5.97 Å². The molecule has 0 aliphatic heterocycles. The van der Waals surface area contributed by atoms with E-state index in [2.05, 4.69) is 9.97 Å². The van der Waals surface area contributed by atoms with Gasteiger partial charge < -0.3 is 10.1 Å². The van der Waals surface area contributed by atoms with Crippen molar-refractivity contribution >= 4 is 5.97 Å². The molecule has 0 atom stereocenters. The Morgan fingerprint density at radius 1 is 1.15 bits per heavy atom. The Morgan fingerprint density at radius 3 is 2.30 bits per heavy atom. The van der Waals surface area contributed by atoms with Crippen molar-refractivity contribution in [2.75, 3.05) is 0 Å². The highest BCUT2D eigenvalue weighted by atomic mass is 16.4. The van der Waals surface area contributed by atoms with Crippen molar-refractivity contribution in [3.05, 3.63) is 27.9 Å². The SMILES string of the molecule is O=C(O)c1nc[nH]c(=O)c1C1C2CC3CC(C2)CC1C3. The molecule has 0 unspecified atom stereocenters. The number of hydrogen-bond acceptors (Lipinski definition) is 3. The van der Waals surface area contributed by atoms with E-state index in [9.17, 15) is 14.7 Å². The fourth-order valence-corrected chi connectivity index (χ4v) is 5.29. The minimum absolute atomic E-state index is 0.0359. The van der Waals surface area contributed by atoms with E-state index in [-0.39, 0.29) is 17.2 Å². The molecule has 0 amide bonds. The van der Waals surface area contributed by atoms with Crippen LogP contribution in [0.2, 0.25) is 0 Å². The molecule has 4 saturated carbocycles. The predicted octanol–water partition coefficient (Wildman–Crippen LogP) is 2.01. The number of nitrogens with one attached hydrogen (secondary N) is 1. The van der Waals surface area contributed by atoms with Gasteiger partial charge in [0.2, 0.25) is 0 Å². The molecule has 5 rings (SSSR count). The van der Waals surface area contributed by atoms with Gasteiger partial charge in [-0.3, -0.25) is 4.79 Å². The Labute approximate surface area is 116 Å². The van der Waals surface area contributed by atoms with Gasteiger partial charge in [-0.05, 0) is 61.7 Å². The van der Waals surface area contributed by atoms with E-state index in [0.29, 0.717) is 17.4 Å². The Bertz CT molecular complexity index is 594. The van der Waals surface area contributed by atoms with Crippen LogP contribution in [0.25, 0.3) is 0 Å². The lowest BCUT2D eigenvalue weighted by Crippen LogP contribution is -2.46. The lowest BCUT2D eigenvalue weighted by atomic mass is 9.50. The van der Waals surface area contributed by atoms with E-state index in [1.807, 2.05) is 0 Å². The zero-order valence-corrected chi connectivity index (χ0v) is 11.2. The van der Waals surface area contributed by atoms with Gasteiger partial charge in [0.1, 0.15) is 0 Å². The summed E-state index contributed by atoms with van der Waals surface area (Å²) in [5.41, 5.74) is 0.148. The van der Waals surface area contributed by atoms with E-state index in [0.717, 1.165) is 37.5 Å². The summed E-state index contributed by atoms with van der Waals surface area (Å²) in [6.45, 7) is 0. The number of H-pyrrole nitrogens is 1. The van der Waals surface area contributed by atoms with Crippen LogP contribution < -0.4 is 5.56 Å². The second-order valence-corrected chi connectivity index (χ2v) is 6.76. The van der Waals surface area contributed by atoms with E-state index in [1.165, 1.54) is 12.7 Å². The molecule has 2 N–H and O–H groups in total. The monoisotopic (exact) mass is 274 g/mol. The quantitative estimate of drug-likeness (QED) is 0.864. The van der Waals surface area contributed by atoms with Gasteiger partial charge in [-0.15, -0.1) is 0 Å². The van der Waals surface area contributed by atoms with Crippen LogP contribution in [-0.4, -0.2) is 21.0 Å². The zero-order valence-electron chi connectivity index (χ0n) is 11.2. The molecular weight excluding hydrogens is 256 g/mol. The molecule has 5 heteroatoms. The summed E-state index contributed by atoms with van der Waals surface area (Å²) in [5.74, 6) is 1.59. The smallest absolute Gasteiger partial charge is 0.355 e. The molecule has 106 valence electrons. The van der Waals surface area contributed by atoms with Gasteiger partial charge in [0.05, 0.1) is 11.9 Å². The van der Waals surface area contributed by atoms with Gasteiger partial charge in [0.15, 0.2) is 5.69 Å². The topological polar surface area (TPSA) is 83.0 Å². The second-order valence-electron chi connectivity index (χ2n) is 6.76. The number of nitrogens with zero attached hydrogens (tertiary/aromatic N) is 1. The molecule has 1 aromatic rings. The molecule has 5 nitrogen and oxygen atoms in total. The number of hydrogen-bond donors (Lipinski definition) is 2. The molecule has 0 aromatic carbocycles. The summed E-state index contributed by atoms with van der Waals surface area (Å²) in [5, 5.41) is 9.33. The summed E-state index contributed by atoms with van der Waals surface area (Å²) in [4.78, 5) is 30.1. The Kier molecular flexibility index (Phi) is 2.53. The van der Waals surface area contributed by atoms with Crippen molar-refractivity contribution < 1.29 is 9.90 Å². The van der Waals surface area contributed by atoms with Gasteiger partial charge in [-0.25, -0.2) is 9.78 Å². The Morgan fingerprint density at radius 2 is 1.75 bits per heavy atom. The van der Waals surface area contributed by atoms with E-state index in [4.69, 9.17) is 0 Å². The third kappa shape index (κ3) is 1.65. The van der Waals surface area contributed by atoms with E-state index in [1.54, 1.807) is 0 Å². The summed E-state index contributed by atoms with van der Waals surface area (Å²) in [6, 6.07) is 0. The van der Waals surface area contributed by atoms with E-state index >= 15 is 0 Å². The molecule has 4 bridgehead atoms. The predicted molar refractivity (Wildman–Crippen MR) is 71.6 cm³/mol. The highest BCUT2D eigenvalue weighted by Crippen LogP contribution is 2.59. The summed E-state index contributed by atoms with van der Waals surface area (Å²) >= 11 is 0. The average Bonchev–Trinajstić information content (AvgIpc) is 2.38. The lowest BCUT2D eigenvalue weighted by molar-refractivity contribution is -0.00378. The van der Waals surface area contributed by atoms with Gasteiger partial charge in [-0.1, -0.05) is 0 Å². The van der Waals surface area contributed by atoms with Crippen molar-refractivity contribution in [2.45, 2.75) is 38.0 Å². The van der Waals surface area contributed by atoms with Crippen LogP contribution >= 0.6 is 0 Å². The molecule has 4 fully saturated rings. The number of carboxylic acids is 1. The van der Waals surface area contributed by atoms with E-state index < -0.39 is 5.97 Å². The number of aromatic amines is 1. The van der Waals surface area contributed by atoms with Crippen molar-refractivity contribution in [3.8, 4) is 0 Å². The third-order valence-corrected chi connectivity index (χ3v) is 5.65. The third-order valence-electron chi connectivity index (χ3n) is 5.65. The van der Waals surface area contributed by atoms with Gasteiger partial charge in [-0.2, -0.15) is 0 Å². The number of rotatable bonds is 2. The summed E-state index contributed by atoms with van der Waals surface area (Å²) in [7, 11) is 0. The van der Waals surface area contributed by atoms with Gasteiger partial charge in [0, 0.05) is 0 Å². The molecule has 4 aliphatic carbocycles. The fourth-order valence-electron chi connectivity index (χ4n) is 5.29. The number of aromatic nitrogens is 2. The Balaban J connectivity index is 1.82. The normalized spacial score (nSPS) is 38.1. The van der Waals surface area contributed by atoms with Gasteiger partial charge in [0.25, 0.3) is 5.56 Å². The highest BCUT2D eigenvalue weighted by molar-refractivity contribution is 5.87. The van der Waals surface area contributed by atoms with Crippen molar-refractivity contribution in [1.82, 2.24) is 9.97 Å². The van der Waals surface area contributed by atoms with Crippen molar-refractivity contribution in [2.24, 2.45) is 23.7 Å². The minimum atomic E-state index is -1.08. The maximum absolute atomic E-state index is 12.2. The molecule has 20 heavy (non-hydrogen) atoms. The van der Waals surface area contributed by atoms with Crippen LogP contribution in [-0.2, 0) is 0 Å². The number of carbonyl (C=O) groups is 1. The lowest BCUT2D eigenvalue weighted by Gasteiger charge is -2.54. The number of aromatic carboxylic acids is 1. The first-order chi connectivity index (χ1) is 9.63. The number of carboxylic acid groups (broad SMARTS) is 1. The molecule has 4 aliphatic rings. The average molecular weight is 274 g/mol. The standard InChI is InChI=1S/C15H18N2O3/c18-14-12(13(15(19)20)16-6-17-14)11-9-2-7-1-8(4-9)5-10(11)3-7/h6-11H,1-5H2,(H,19,20)(H,16,17,18). The molecule has 1 heterocycles. The summed E-state index contributed by atoms with van der Waals surface area (Å²) < 4.78 is 0.